The molecule has 0 aliphatic rings. The number of aliphatic hydroxyl groups is 2. The van der Waals surface area contributed by atoms with Crippen LogP contribution in [0.3, 0.4) is 0 Å². The number of ether oxygens (including phenoxy) is 1. The molecule has 3 aromatic rings. The Kier molecular flexibility index (Phi) is 16.4. The number of nitrogens with zero attached hydrogens (tertiary/aromatic N) is 1. The predicted octanol–water partition coefficient (Wildman–Crippen LogP) is 9.08. The molecule has 4 nitrogen and oxygen atoms in total. The maximum atomic E-state index is 13.2. The first-order valence-electron chi connectivity index (χ1n) is 14.0. The predicted molar refractivity (Wildman–Crippen MR) is 172 cm³/mol. The van der Waals surface area contributed by atoms with Crippen LogP contribution in [-0.4, -0.2) is 23.5 Å². The summed E-state index contributed by atoms with van der Waals surface area (Å²) in [5.41, 5.74) is 2.82. The molecule has 2 N–H and O–H groups in total. The van der Waals surface area contributed by atoms with Crippen molar-refractivity contribution in [2.45, 2.75) is 58.0 Å². The third kappa shape index (κ3) is 13.3. The van der Waals surface area contributed by atoms with Crippen LogP contribution in [0.15, 0.2) is 120 Å². The summed E-state index contributed by atoms with van der Waals surface area (Å²) in [6.45, 7) is 6.05. The Balaban J connectivity index is 0.000000493. The highest BCUT2D eigenvalue weighted by Gasteiger charge is 2.24. The van der Waals surface area contributed by atoms with Gasteiger partial charge in [0.15, 0.2) is 0 Å². The van der Waals surface area contributed by atoms with Crippen LogP contribution in [0.25, 0.3) is 0 Å². The van der Waals surface area contributed by atoms with Crippen molar-refractivity contribution in [3.05, 3.63) is 137 Å². The van der Waals surface area contributed by atoms with Gasteiger partial charge in [-0.2, -0.15) is 0 Å². The Morgan fingerprint density at radius 3 is 2.20 bits per heavy atom. The molecule has 6 heteroatoms. The summed E-state index contributed by atoms with van der Waals surface area (Å²) in [6, 6.07) is 25.8. The quantitative estimate of drug-likeness (QED) is 0.0767. The van der Waals surface area contributed by atoms with Crippen molar-refractivity contribution in [1.82, 2.24) is 0 Å². The monoisotopic (exact) mass is 623 g/mol. The van der Waals surface area contributed by atoms with Crippen molar-refractivity contribution in [2.24, 2.45) is 5.92 Å². The third-order valence-electron chi connectivity index (χ3n) is 6.76. The number of aliphatic hydroxyl groups excluding tert-OH is 2. The first kappa shape index (κ1) is 34.0. The summed E-state index contributed by atoms with van der Waals surface area (Å²) in [5.74, 6) is -0.315. The number of hydrogen-bond donors (Lipinski definition) is 2. The van der Waals surface area contributed by atoms with Crippen LogP contribution in [0.4, 0.5) is 10.1 Å². The van der Waals surface area contributed by atoms with E-state index in [1.165, 1.54) is 24.0 Å². The molecule has 0 heterocycles. The van der Waals surface area contributed by atoms with E-state index in [1.807, 2.05) is 91.7 Å². The van der Waals surface area contributed by atoms with Crippen LogP contribution in [0.2, 0.25) is 0 Å². The lowest BCUT2D eigenvalue weighted by Gasteiger charge is -2.33. The van der Waals surface area contributed by atoms with E-state index in [-0.39, 0.29) is 11.7 Å². The number of benzene rings is 3. The fraction of sp³-hybridized carbons (Fsp3) is 0.314. The van der Waals surface area contributed by atoms with E-state index in [2.05, 4.69) is 28.6 Å². The van der Waals surface area contributed by atoms with Gasteiger partial charge in [0.1, 0.15) is 18.7 Å². The Morgan fingerprint density at radius 2 is 1.59 bits per heavy atom. The third-order valence-corrected chi connectivity index (χ3v) is 7.48. The molecule has 41 heavy (non-hydrogen) atoms. The van der Waals surface area contributed by atoms with Gasteiger partial charge in [-0.25, -0.2) is 4.39 Å². The van der Waals surface area contributed by atoms with E-state index in [4.69, 9.17) is 4.74 Å². The van der Waals surface area contributed by atoms with Crippen molar-refractivity contribution < 1.29 is 19.3 Å². The van der Waals surface area contributed by atoms with E-state index < -0.39 is 12.3 Å². The highest BCUT2D eigenvalue weighted by atomic mass is 79.9. The molecule has 0 saturated carbocycles. The minimum Gasteiger partial charge on any atom is -0.497 e. The molecular formula is C35H43BrFNO3. The zero-order valence-electron chi connectivity index (χ0n) is 24.1. The number of allylic oxidation sites excluding steroid dienone is 4. The smallest absolute Gasteiger partial charge is 0.129 e. The van der Waals surface area contributed by atoms with E-state index in [0.717, 1.165) is 29.4 Å². The zero-order chi connectivity index (χ0) is 29.9. The second-order valence-corrected chi connectivity index (χ2v) is 10.7. The minimum absolute atomic E-state index is 0.00105. The molecule has 0 aliphatic heterocycles. The molecule has 3 unspecified atom stereocenters. The van der Waals surface area contributed by atoms with Crippen molar-refractivity contribution in [3.63, 3.8) is 0 Å². The van der Waals surface area contributed by atoms with Crippen molar-refractivity contribution >= 4 is 21.6 Å². The number of anilines is 1. The highest BCUT2D eigenvalue weighted by molar-refractivity contribution is 9.11. The van der Waals surface area contributed by atoms with Crippen LogP contribution < -0.4 is 4.90 Å². The largest absolute Gasteiger partial charge is 0.497 e. The number of hydrogen-bond acceptors (Lipinski definition) is 4. The van der Waals surface area contributed by atoms with Gasteiger partial charge in [0.05, 0.1) is 12.4 Å². The molecule has 0 amide bonds. The van der Waals surface area contributed by atoms with Crippen LogP contribution >= 0.6 is 15.9 Å². The molecule has 0 spiro atoms. The summed E-state index contributed by atoms with van der Waals surface area (Å²) < 4.78 is 19.2. The number of rotatable bonds is 15. The maximum Gasteiger partial charge on any atom is 0.129 e. The second kappa shape index (κ2) is 19.8. The molecule has 0 bridgehead atoms. The van der Waals surface area contributed by atoms with Crippen molar-refractivity contribution in [3.8, 4) is 0 Å². The minimum atomic E-state index is -0.678. The van der Waals surface area contributed by atoms with E-state index in [0.29, 0.717) is 25.0 Å². The van der Waals surface area contributed by atoms with E-state index >= 15 is 0 Å². The molecule has 3 aromatic carbocycles. The fourth-order valence-electron chi connectivity index (χ4n) is 4.32. The maximum absolute atomic E-state index is 13.2. The second-order valence-electron chi connectivity index (χ2n) is 9.73. The SMILES string of the molecule is C/C=C(Br)\C=C/CCCC(CCC(O)c1ccc(F)cc1)C(O)N(C)c1ccccc1.C=COCc1ccccc1. The molecule has 0 aliphatic carbocycles. The number of unbranched alkanes of at least 4 members (excludes halogenated alkanes) is 1. The molecule has 3 atom stereocenters. The van der Waals surface area contributed by atoms with Gasteiger partial charge in [0.2, 0.25) is 0 Å². The molecule has 0 fully saturated rings. The van der Waals surface area contributed by atoms with Gasteiger partial charge in [-0.15, -0.1) is 0 Å². The van der Waals surface area contributed by atoms with Gasteiger partial charge in [0, 0.05) is 23.1 Å². The number of halogens is 2. The van der Waals surface area contributed by atoms with Gasteiger partial charge in [-0.1, -0.05) is 101 Å². The Morgan fingerprint density at radius 1 is 0.951 bits per heavy atom. The molecule has 220 valence electrons. The first-order chi connectivity index (χ1) is 19.8. The lowest BCUT2D eigenvalue weighted by molar-refractivity contribution is 0.0801. The lowest BCUT2D eigenvalue weighted by Crippen LogP contribution is -2.38. The molecule has 0 saturated heterocycles. The Labute approximate surface area is 253 Å². The average Bonchev–Trinajstić information content (AvgIpc) is 3.01. The normalized spacial score (nSPS) is 13.6. The highest BCUT2D eigenvalue weighted by Crippen LogP contribution is 2.29. The van der Waals surface area contributed by atoms with Gasteiger partial charge in [-0.05, 0) is 74.4 Å². The molecule has 0 aromatic heterocycles. The summed E-state index contributed by atoms with van der Waals surface area (Å²) in [4.78, 5) is 1.89. The standard InChI is InChI=1S/C26H33BrFNO2.C9H10O/c1-3-22(27)11-7-4-6-10-21(26(31)29(2)24-12-8-5-9-13-24)16-19-25(30)20-14-17-23(28)18-15-20;1-2-10-8-9-6-4-3-5-7-9/h3,5,7-9,11-15,17-18,21,25-26,30-31H,4,6,10,16,19H2,1-2H3;2-7H,1,8H2/b11-7-,22-3+;. The van der Waals surface area contributed by atoms with Gasteiger partial charge in [-0.3, -0.25) is 0 Å². The fourth-order valence-corrected chi connectivity index (χ4v) is 4.50. The van der Waals surface area contributed by atoms with Crippen LogP contribution in [0, 0.1) is 11.7 Å². The first-order valence-corrected chi connectivity index (χ1v) is 14.8. The van der Waals surface area contributed by atoms with Crippen molar-refractivity contribution in [1.29, 1.82) is 0 Å². The van der Waals surface area contributed by atoms with Crippen LogP contribution in [-0.2, 0) is 11.3 Å². The zero-order valence-corrected chi connectivity index (χ0v) is 25.7. The average molecular weight is 625 g/mol. The molecular weight excluding hydrogens is 581 g/mol. The van der Waals surface area contributed by atoms with E-state index in [9.17, 15) is 14.6 Å². The molecule has 3 rings (SSSR count). The van der Waals surface area contributed by atoms with Crippen LogP contribution in [0.1, 0.15) is 56.3 Å². The lowest BCUT2D eigenvalue weighted by atomic mass is 9.91. The topological polar surface area (TPSA) is 52.9 Å². The van der Waals surface area contributed by atoms with Gasteiger partial charge < -0.3 is 19.8 Å². The number of para-hydroxylation sites is 1. The van der Waals surface area contributed by atoms with E-state index in [1.54, 1.807) is 12.1 Å². The molecule has 0 radical (unpaired) electrons. The van der Waals surface area contributed by atoms with Gasteiger partial charge in [0.25, 0.3) is 0 Å². The van der Waals surface area contributed by atoms with Gasteiger partial charge >= 0.3 is 0 Å². The summed E-state index contributed by atoms with van der Waals surface area (Å²) >= 11 is 3.47. The summed E-state index contributed by atoms with van der Waals surface area (Å²) in [6.07, 6.45) is 10.2. The summed E-state index contributed by atoms with van der Waals surface area (Å²) in [5, 5.41) is 21.6. The summed E-state index contributed by atoms with van der Waals surface area (Å²) in [7, 11) is 1.90. The van der Waals surface area contributed by atoms with Crippen LogP contribution in [0.5, 0.6) is 0 Å². The Bertz CT molecular complexity index is 1170. The Hall–Kier alpha value is -3.19. The van der Waals surface area contributed by atoms with Crippen molar-refractivity contribution in [2.75, 3.05) is 11.9 Å².